The molecule has 0 fully saturated rings. The van der Waals surface area contributed by atoms with Crippen LogP contribution in [0.1, 0.15) is 34.1 Å². The van der Waals surface area contributed by atoms with Gasteiger partial charge >= 0.3 is 0 Å². The fraction of sp³-hybridized carbons (Fsp3) is 0.900. The van der Waals surface area contributed by atoms with Crippen molar-refractivity contribution in [2.75, 3.05) is 13.7 Å². The third-order valence-corrected chi connectivity index (χ3v) is 2.29. The average Bonchev–Trinajstić information content (AvgIpc) is 2.04. The molecule has 0 bridgehead atoms. The largest absolute Gasteiger partial charge is 0.383 e. The number of amides is 1. The summed E-state index contributed by atoms with van der Waals surface area (Å²) in [6, 6.07) is 0.0864. The molecule has 0 heterocycles. The van der Waals surface area contributed by atoms with E-state index >= 15 is 0 Å². The number of rotatable bonds is 5. The molecule has 0 aliphatic heterocycles. The molecule has 1 N–H and O–H groups in total. The fourth-order valence-electron chi connectivity index (χ4n) is 0.871. The smallest absolute Gasteiger partial charge is 0.225 e. The third-order valence-electron chi connectivity index (χ3n) is 2.29. The zero-order chi connectivity index (χ0) is 10.5. The Hall–Kier alpha value is -0.570. The highest BCUT2D eigenvalue weighted by atomic mass is 16.5. The van der Waals surface area contributed by atoms with Crippen LogP contribution in [0.15, 0.2) is 0 Å². The number of carbonyl (C=O) groups excluding carboxylic acids is 1. The zero-order valence-corrected chi connectivity index (χ0v) is 9.31. The molecule has 1 unspecified atom stereocenters. The molecule has 1 atom stereocenters. The van der Waals surface area contributed by atoms with Gasteiger partial charge < -0.3 is 10.1 Å². The highest BCUT2D eigenvalue weighted by Crippen LogP contribution is 2.19. The van der Waals surface area contributed by atoms with E-state index < -0.39 is 0 Å². The van der Waals surface area contributed by atoms with Crippen LogP contribution < -0.4 is 5.32 Å². The predicted octanol–water partition coefficient (Wildman–Crippen LogP) is 1.57. The summed E-state index contributed by atoms with van der Waals surface area (Å²) in [6.45, 7) is 8.41. The molecule has 0 saturated heterocycles. The van der Waals surface area contributed by atoms with Crippen LogP contribution in [0.3, 0.4) is 0 Å². The highest BCUT2D eigenvalue weighted by molar-refractivity contribution is 5.81. The average molecular weight is 187 g/mol. The molecule has 0 radical (unpaired) electrons. The lowest BCUT2D eigenvalue weighted by Gasteiger charge is -2.24. The lowest BCUT2D eigenvalue weighted by atomic mass is 9.89. The number of carbonyl (C=O) groups is 1. The molecule has 0 aliphatic carbocycles. The molecule has 13 heavy (non-hydrogen) atoms. The van der Waals surface area contributed by atoms with Gasteiger partial charge in [0, 0.05) is 18.6 Å². The maximum atomic E-state index is 11.6. The Morgan fingerprint density at radius 2 is 2.08 bits per heavy atom. The van der Waals surface area contributed by atoms with Crippen molar-refractivity contribution in [3.63, 3.8) is 0 Å². The maximum absolute atomic E-state index is 11.6. The quantitative estimate of drug-likeness (QED) is 0.709. The van der Waals surface area contributed by atoms with Crippen LogP contribution in [-0.2, 0) is 9.53 Å². The molecule has 78 valence electrons. The summed E-state index contributed by atoms with van der Waals surface area (Å²) >= 11 is 0. The Balaban J connectivity index is 3.99. The maximum Gasteiger partial charge on any atom is 0.225 e. The van der Waals surface area contributed by atoms with E-state index in [0.29, 0.717) is 6.61 Å². The molecule has 3 heteroatoms. The first kappa shape index (κ1) is 12.4. The van der Waals surface area contributed by atoms with Gasteiger partial charge in [-0.2, -0.15) is 0 Å². The zero-order valence-electron chi connectivity index (χ0n) is 9.31. The standard InChI is InChI=1S/C10H21NO2/c1-6-10(3,4)9(12)11-8(2)7-13-5/h8H,6-7H2,1-5H3,(H,11,12). The number of hydrogen-bond donors (Lipinski definition) is 1. The lowest BCUT2D eigenvalue weighted by Crippen LogP contribution is -2.43. The van der Waals surface area contributed by atoms with Crippen LogP contribution in [0.25, 0.3) is 0 Å². The van der Waals surface area contributed by atoms with Gasteiger partial charge in [0.05, 0.1) is 6.61 Å². The summed E-state index contributed by atoms with van der Waals surface area (Å²) in [6.07, 6.45) is 0.846. The van der Waals surface area contributed by atoms with Gasteiger partial charge in [0.1, 0.15) is 0 Å². The van der Waals surface area contributed by atoms with Crippen molar-refractivity contribution in [3.8, 4) is 0 Å². The Labute approximate surface area is 80.8 Å². The van der Waals surface area contributed by atoms with E-state index in [4.69, 9.17) is 4.74 Å². The Morgan fingerprint density at radius 3 is 2.46 bits per heavy atom. The first-order chi connectivity index (χ1) is 5.94. The minimum atomic E-state index is -0.276. The third kappa shape index (κ3) is 4.27. The summed E-state index contributed by atoms with van der Waals surface area (Å²) in [5, 5.41) is 2.91. The Bertz CT molecular complexity index is 166. The molecule has 0 aromatic heterocycles. The van der Waals surface area contributed by atoms with Gasteiger partial charge in [-0.05, 0) is 13.3 Å². The van der Waals surface area contributed by atoms with Crippen molar-refractivity contribution in [2.24, 2.45) is 5.41 Å². The molecule has 0 aromatic rings. The van der Waals surface area contributed by atoms with E-state index in [1.807, 2.05) is 27.7 Å². The Kier molecular flexibility index (Phi) is 4.99. The van der Waals surface area contributed by atoms with Crippen LogP contribution in [0.5, 0.6) is 0 Å². The summed E-state index contributed by atoms with van der Waals surface area (Å²) in [4.78, 5) is 11.6. The lowest BCUT2D eigenvalue weighted by molar-refractivity contribution is -0.130. The van der Waals surface area contributed by atoms with Crippen LogP contribution in [0.2, 0.25) is 0 Å². The molecule has 3 nitrogen and oxygen atoms in total. The molecule has 0 aromatic carbocycles. The second kappa shape index (κ2) is 5.22. The van der Waals surface area contributed by atoms with Gasteiger partial charge in [-0.3, -0.25) is 4.79 Å². The van der Waals surface area contributed by atoms with Gasteiger partial charge in [0.15, 0.2) is 0 Å². The number of ether oxygens (including phenoxy) is 1. The van der Waals surface area contributed by atoms with Crippen molar-refractivity contribution >= 4 is 5.91 Å². The van der Waals surface area contributed by atoms with Gasteiger partial charge in [-0.25, -0.2) is 0 Å². The molecular formula is C10H21NO2. The van der Waals surface area contributed by atoms with Gasteiger partial charge in [-0.1, -0.05) is 20.8 Å². The molecular weight excluding hydrogens is 166 g/mol. The summed E-state index contributed by atoms with van der Waals surface area (Å²) < 4.78 is 4.94. The van der Waals surface area contributed by atoms with Gasteiger partial charge in [0.2, 0.25) is 5.91 Å². The molecule has 0 saturated carbocycles. The topological polar surface area (TPSA) is 38.3 Å². The SMILES string of the molecule is CCC(C)(C)C(=O)NC(C)COC. The Morgan fingerprint density at radius 1 is 1.54 bits per heavy atom. The molecule has 0 rings (SSSR count). The summed E-state index contributed by atoms with van der Waals surface area (Å²) in [5.74, 6) is 0.0968. The van der Waals surface area contributed by atoms with Gasteiger partial charge in [0.25, 0.3) is 0 Å². The number of methoxy groups -OCH3 is 1. The first-order valence-electron chi connectivity index (χ1n) is 4.74. The fourth-order valence-corrected chi connectivity index (χ4v) is 0.871. The van der Waals surface area contributed by atoms with E-state index in [-0.39, 0.29) is 17.4 Å². The molecule has 1 amide bonds. The van der Waals surface area contributed by atoms with Crippen LogP contribution in [-0.4, -0.2) is 25.7 Å². The minimum Gasteiger partial charge on any atom is -0.383 e. The normalized spacial score (nSPS) is 13.9. The number of hydrogen-bond acceptors (Lipinski definition) is 2. The van der Waals surface area contributed by atoms with Gasteiger partial charge in [-0.15, -0.1) is 0 Å². The summed E-state index contributed by atoms with van der Waals surface area (Å²) in [7, 11) is 1.63. The monoisotopic (exact) mass is 187 g/mol. The van der Waals surface area contributed by atoms with Crippen molar-refractivity contribution in [3.05, 3.63) is 0 Å². The van der Waals surface area contributed by atoms with E-state index in [0.717, 1.165) is 6.42 Å². The molecule has 0 spiro atoms. The van der Waals surface area contributed by atoms with Crippen LogP contribution in [0.4, 0.5) is 0 Å². The summed E-state index contributed by atoms with van der Waals surface area (Å²) in [5.41, 5.74) is -0.276. The second-order valence-corrected chi connectivity index (χ2v) is 4.07. The second-order valence-electron chi connectivity index (χ2n) is 4.07. The molecule has 0 aliphatic rings. The predicted molar refractivity (Wildman–Crippen MR) is 53.6 cm³/mol. The van der Waals surface area contributed by atoms with Crippen molar-refractivity contribution in [1.29, 1.82) is 0 Å². The van der Waals surface area contributed by atoms with E-state index in [9.17, 15) is 4.79 Å². The van der Waals surface area contributed by atoms with E-state index in [2.05, 4.69) is 5.32 Å². The highest BCUT2D eigenvalue weighted by Gasteiger charge is 2.25. The van der Waals surface area contributed by atoms with Crippen LogP contribution in [0, 0.1) is 5.41 Å². The van der Waals surface area contributed by atoms with E-state index in [1.165, 1.54) is 0 Å². The number of nitrogens with one attached hydrogen (secondary N) is 1. The van der Waals surface area contributed by atoms with Crippen molar-refractivity contribution < 1.29 is 9.53 Å². The first-order valence-corrected chi connectivity index (χ1v) is 4.74. The van der Waals surface area contributed by atoms with Crippen molar-refractivity contribution in [2.45, 2.75) is 40.2 Å². The van der Waals surface area contributed by atoms with Crippen molar-refractivity contribution in [1.82, 2.24) is 5.32 Å². The van der Waals surface area contributed by atoms with Crippen LogP contribution >= 0.6 is 0 Å². The minimum absolute atomic E-state index is 0.0864. The van der Waals surface area contributed by atoms with E-state index in [1.54, 1.807) is 7.11 Å².